The summed E-state index contributed by atoms with van der Waals surface area (Å²) in [6, 6.07) is 4.96. The monoisotopic (exact) mass is 241 g/mol. The molecule has 0 bridgehead atoms. The van der Waals surface area contributed by atoms with Crippen molar-refractivity contribution in [2.75, 3.05) is 0 Å². The largest absolute Gasteiger partial charge is 0.419 e. The van der Waals surface area contributed by atoms with Crippen molar-refractivity contribution in [3.63, 3.8) is 0 Å². The van der Waals surface area contributed by atoms with Gasteiger partial charge in [0.15, 0.2) is 0 Å². The van der Waals surface area contributed by atoms with Gasteiger partial charge in [-0.3, -0.25) is 9.78 Å². The van der Waals surface area contributed by atoms with Crippen LogP contribution in [0.4, 0.5) is 0 Å². The summed E-state index contributed by atoms with van der Waals surface area (Å²) in [5.74, 6) is -0.740. The Hall–Kier alpha value is -1.36. The third-order valence-corrected chi connectivity index (χ3v) is 2.28. The normalized spacial score (nSPS) is 10.5. The molecule has 0 radical (unpaired) electrons. The van der Waals surface area contributed by atoms with Crippen LogP contribution in [0.1, 0.15) is 0 Å². The number of hydrogen-bond donors (Lipinski definition) is 1. The third kappa shape index (κ3) is 1.31. The molecule has 13 heavy (non-hydrogen) atoms. The lowest BCUT2D eigenvalue weighted by molar-refractivity contribution is 0.528. The molecule has 1 heterocycles. The number of aromatic nitrogens is 1. The van der Waals surface area contributed by atoms with Gasteiger partial charge in [0, 0.05) is 4.47 Å². The molecular weight excluding hydrogens is 238 g/mol. The van der Waals surface area contributed by atoms with Gasteiger partial charge in [-0.15, -0.1) is 0 Å². The van der Waals surface area contributed by atoms with Gasteiger partial charge in [0.2, 0.25) is 0 Å². The van der Waals surface area contributed by atoms with Crippen molar-refractivity contribution in [3.8, 4) is 0 Å². The van der Waals surface area contributed by atoms with E-state index in [1.165, 1.54) is 0 Å². The first-order chi connectivity index (χ1) is 6.18. The minimum atomic E-state index is -0.740. The van der Waals surface area contributed by atoms with E-state index in [1.807, 2.05) is 4.98 Å². The average molecular weight is 242 g/mol. The number of hydrogen-bond acceptors (Lipinski definition) is 3. The maximum atomic E-state index is 11.3. The number of rotatable bonds is 0. The molecule has 0 aliphatic heterocycles. The third-order valence-electron chi connectivity index (χ3n) is 1.62. The summed E-state index contributed by atoms with van der Waals surface area (Å²) in [5, 5.41) is 0.349. The molecule has 0 fully saturated rings. The van der Waals surface area contributed by atoms with Crippen LogP contribution < -0.4 is 11.3 Å². The number of benzene rings is 1. The summed E-state index contributed by atoms with van der Waals surface area (Å²) in [5.41, 5.74) is -0.165. The second kappa shape index (κ2) is 2.85. The highest BCUT2D eigenvalue weighted by atomic mass is 79.9. The van der Waals surface area contributed by atoms with Gasteiger partial charge in [0.25, 0.3) is 5.56 Å². The van der Waals surface area contributed by atoms with Crippen molar-refractivity contribution in [1.29, 1.82) is 0 Å². The van der Waals surface area contributed by atoms with E-state index in [4.69, 9.17) is 4.42 Å². The molecular formula is C8H4BrNO3. The van der Waals surface area contributed by atoms with Crippen molar-refractivity contribution >= 4 is 26.9 Å². The fourth-order valence-corrected chi connectivity index (χ4v) is 1.62. The van der Waals surface area contributed by atoms with Crippen molar-refractivity contribution < 1.29 is 4.42 Å². The van der Waals surface area contributed by atoms with Gasteiger partial charge in [0.1, 0.15) is 5.58 Å². The Bertz CT molecular complexity index is 569. The van der Waals surface area contributed by atoms with E-state index in [-0.39, 0.29) is 5.58 Å². The zero-order chi connectivity index (χ0) is 9.42. The zero-order valence-electron chi connectivity index (χ0n) is 6.33. The molecule has 0 amide bonds. The molecule has 1 N–H and O–H groups in total. The van der Waals surface area contributed by atoms with Crippen molar-refractivity contribution in [1.82, 2.24) is 4.98 Å². The molecule has 0 saturated heterocycles. The first-order valence-electron chi connectivity index (χ1n) is 3.50. The Morgan fingerprint density at radius 1 is 1.31 bits per heavy atom. The molecule has 1 aromatic heterocycles. The van der Waals surface area contributed by atoms with E-state index in [1.54, 1.807) is 18.2 Å². The molecule has 0 aliphatic carbocycles. The van der Waals surface area contributed by atoms with Crippen LogP contribution in [0.5, 0.6) is 0 Å². The van der Waals surface area contributed by atoms with Gasteiger partial charge in [-0.05, 0) is 28.1 Å². The van der Waals surface area contributed by atoms with Crippen LogP contribution in [0.2, 0.25) is 0 Å². The topological polar surface area (TPSA) is 63.1 Å². The first kappa shape index (κ1) is 8.25. The highest BCUT2D eigenvalue weighted by molar-refractivity contribution is 9.10. The van der Waals surface area contributed by atoms with E-state index in [9.17, 15) is 9.59 Å². The highest BCUT2D eigenvalue weighted by Gasteiger charge is 2.04. The van der Waals surface area contributed by atoms with E-state index in [0.29, 0.717) is 9.86 Å². The predicted molar refractivity (Wildman–Crippen MR) is 50.8 cm³/mol. The SMILES string of the molecule is O=c1[nH]c(=O)c2c(Br)cccc2o1. The second-order valence-corrected chi connectivity index (χ2v) is 3.31. The zero-order valence-corrected chi connectivity index (χ0v) is 7.92. The number of aromatic amines is 1. The van der Waals surface area contributed by atoms with Gasteiger partial charge in [-0.2, -0.15) is 0 Å². The van der Waals surface area contributed by atoms with Crippen molar-refractivity contribution in [2.24, 2.45) is 0 Å². The molecule has 4 nitrogen and oxygen atoms in total. The van der Waals surface area contributed by atoms with E-state index in [0.717, 1.165) is 0 Å². The van der Waals surface area contributed by atoms with E-state index in [2.05, 4.69) is 15.9 Å². The standard InChI is InChI=1S/C8H4BrNO3/c9-4-2-1-3-5-6(4)7(11)10-8(12)13-5/h1-3H,(H,10,11,12). The summed E-state index contributed by atoms with van der Waals surface area (Å²) in [6.45, 7) is 0. The Morgan fingerprint density at radius 3 is 2.85 bits per heavy atom. The van der Waals surface area contributed by atoms with Crippen LogP contribution in [0.25, 0.3) is 11.0 Å². The van der Waals surface area contributed by atoms with E-state index < -0.39 is 11.3 Å². The first-order valence-corrected chi connectivity index (χ1v) is 4.29. The average Bonchev–Trinajstić information content (AvgIpc) is 2.02. The van der Waals surface area contributed by atoms with Crippen LogP contribution in [0.15, 0.2) is 36.7 Å². The second-order valence-electron chi connectivity index (χ2n) is 2.46. The summed E-state index contributed by atoms with van der Waals surface area (Å²) in [4.78, 5) is 24.1. The smallest absolute Gasteiger partial charge is 0.409 e. The number of nitrogens with one attached hydrogen (secondary N) is 1. The minimum absolute atomic E-state index is 0.281. The van der Waals surface area contributed by atoms with Crippen molar-refractivity contribution in [3.05, 3.63) is 43.6 Å². The van der Waals surface area contributed by atoms with Crippen LogP contribution in [-0.4, -0.2) is 4.98 Å². The number of H-pyrrole nitrogens is 1. The maximum absolute atomic E-state index is 11.3. The lowest BCUT2D eigenvalue weighted by Crippen LogP contribution is -2.18. The fourth-order valence-electron chi connectivity index (χ4n) is 1.09. The van der Waals surface area contributed by atoms with Gasteiger partial charge in [-0.1, -0.05) is 6.07 Å². The molecule has 1 aromatic carbocycles. The Kier molecular flexibility index (Phi) is 1.81. The Balaban J connectivity index is 3.12. The quantitative estimate of drug-likeness (QED) is 0.755. The highest BCUT2D eigenvalue weighted by Crippen LogP contribution is 2.18. The minimum Gasteiger partial charge on any atom is -0.409 e. The maximum Gasteiger partial charge on any atom is 0.419 e. The summed E-state index contributed by atoms with van der Waals surface area (Å²) in [6.07, 6.45) is 0. The van der Waals surface area contributed by atoms with Gasteiger partial charge in [-0.25, -0.2) is 4.79 Å². The summed E-state index contributed by atoms with van der Waals surface area (Å²) in [7, 11) is 0. The van der Waals surface area contributed by atoms with Gasteiger partial charge in [0.05, 0.1) is 5.39 Å². The summed E-state index contributed by atoms with van der Waals surface area (Å²) < 4.78 is 5.39. The molecule has 0 spiro atoms. The summed E-state index contributed by atoms with van der Waals surface area (Å²) >= 11 is 3.19. The van der Waals surface area contributed by atoms with E-state index >= 15 is 0 Å². The molecule has 0 aliphatic rings. The van der Waals surface area contributed by atoms with Gasteiger partial charge < -0.3 is 4.42 Å². The molecule has 5 heteroatoms. The van der Waals surface area contributed by atoms with Crippen molar-refractivity contribution in [2.45, 2.75) is 0 Å². The Labute approximate surface area is 80.3 Å². The Morgan fingerprint density at radius 2 is 2.08 bits per heavy atom. The van der Waals surface area contributed by atoms with Gasteiger partial charge >= 0.3 is 5.76 Å². The predicted octanol–water partition coefficient (Wildman–Crippen LogP) is 1.24. The fraction of sp³-hybridized carbons (Fsp3) is 0. The van der Waals surface area contributed by atoms with Crippen LogP contribution in [0, 0.1) is 0 Å². The van der Waals surface area contributed by atoms with Crippen LogP contribution in [0.3, 0.4) is 0 Å². The molecule has 0 unspecified atom stereocenters. The molecule has 66 valence electrons. The number of halogens is 1. The number of fused-ring (bicyclic) bond motifs is 1. The molecule has 0 saturated carbocycles. The molecule has 0 atom stereocenters. The lowest BCUT2D eigenvalue weighted by Gasteiger charge is -1.95. The lowest BCUT2D eigenvalue weighted by atomic mass is 10.2. The van der Waals surface area contributed by atoms with Crippen LogP contribution >= 0.6 is 15.9 Å². The van der Waals surface area contributed by atoms with Crippen LogP contribution in [-0.2, 0) is 0 Å². The molecule has 2 aromatic rings. The molecule has 2 rings (SSSR count).